The molecule has 4 nitrogen and oxygen atoms in total. The number of hydrogen-bond acceptors (Lipinski definition) is 3. The Morgan fingerprint density at radius 2 is 2.25 bits per heavy atom. The highest BCUT2D eigenvalue weighted by Gasteiger charge is 2.07. The van der Waals surface area contributed by atoms with Gasteiger partial charge in [-0.05, 0) is 26.3 Å². The maximum absolute atomic E-state index is 10.5. The van der Waals surface area contributed by atoms with E-state index in [0.29, 0.717) is 13.0 Å². The van der Waals surface area contributed by atoms with E-state index >= 15 is 0 Å². The van der Waals surface area contributed by atoms with E-state index in [1.54, 1.807) is 6.92 Å². The third-order valence-corrected chi connectivity index (χ3v) is 1.83. The molecule has 0 heterocycles. The Kier molecular flexibility index (Phi) is 5.66. The summed E-state index contributed by atoms with van der Waals surface area (Å²) in [7, 11) is 0. The first-order valence-corrected chi connectivity index (χ1v) is 4.28. The molecule has 0 aliphatic heterocycles. The quantitative estimate of drug-likeness (QED) is 0.513. The molecule has 0 aliphatic rings. The number of carbonyl (C=O) groups excluding carboxylic acids is 1. The van der Waals surface area contributed by atoms with Crippen molar-refractivity contribution >= 4 is 5.91 Å². The van der Waals surface area contributed by atoms with E-state index in [1.807, 2.05) is 6.92 Å². The Hall–Kier alpha value is -0.610. The highest BCUT2D eigenvalue weighted by Crippen LogP contribution is 1.94. The molecular weight excluding hydrogens is 156 g/mol. The zero-order valence-corrected chi connectivity index (χ0v) is 7.71. The molecule has 1 amide bonds. The number of primary amides is 1. The van der Waals surface area contributed by atoms with Crippen LogP contribution in [-0.4, -0.2) is 29.7 Å². The maximum Gasteiger partial charge on any atom is 0.234 e. The second-order valence-corrected chi connectivity index (χ2v) is 2.93. The number of aliphatic hydroxyl groups excluding tert-OH is 1. The van der Waals surface area contributed by atoms with Crippen LogP contribution in [0, 0.1) is 0 Å². The van der Waals surface area contributed by atoms with Crippen LogP contribution in [0.25, 0.3) is 0 Å². The minimum absolute atomic E-state index is 0.280. The Morgan fingerprint density at radius 1 is 1.67 bits per heavy atom. The van der Waals surface area contributed by atoms with Crippen LogP contribution in [0.5, 0.6) is 0 Å². The molecule has 0 spiro atoms. The summed E-state index contributed by atoms with van der Waals surface area (Å²) in [4.78, 5) is 10.5. The van der Waals surface area contributed by atoms with Crippen molar-refractivity contribution in [3.05, 3.63) is 0 Å². The van der Waals surface area contributed by atoms with Crippen molar-refractivity contribution in [1.29, 1.82) is 0 Å². The highest BCUT2D eigenvalue weighted by atomic mass is 16.3. The van der Waals surface area contributed by atoms with Crippen LogP contribution in [0.1, 0.15) is 26.7 Å². The summed E-state index contributed by atoms with van der Waals surface area (Å²) in [6.07, 6.45) is 1.12. The van der Waals surface area contributed by atoms with Crippen LogP contribution in [-0.2, 0) is 4.79 Å². The average Bonchev–Trinajstić information content (AvgIpc) is 2.03. The minimum Gasteiger partial charge on any atom is -0.393 e. The Bertz CT molecular complexity index is 139. The number of carbonyl (C=O) groups is 1. The van der Waals surface area contributed by atoms with Crippen molar-refractivity contribution in [1.82, 2.24) is 5.32 Å². The molecule has 0 aliphatic carbocycles. The first-order chi connectivity index (χ1) is 5.57. The fourth-order valence-electron chi connectivity index (χ4n) is 0.771. The number of aliphatic hydroxyl groups is 1. The van der Waals surface area contributed by atoms with Crippen molar-refractivity contribution in [2.75, 3.05) is 6.54 Å². The molecule has 0 radical (unpaired) electrons. The van der Waals surface area contributed by atoms with E-state index < -0.39 is 0 Å². The molecule has 0 aromatic rings. The van der Waals surface area contributed by atoms with Gasteiger partial charge < -0.3 is 16.2 Å². The second kappa shape index (κ2) is 5.97. The van der Waals surface area contributed by atoms with Gasteiger partial charge >= 0.3 is 0 Å². The van der Waals surface area contributed by atoms with Crippen LogP contribution in [0.15, 0.2) is 0 Å². The molecule has 0 bridgehead atoms. The van der Waals surface area contributed by atoms with Crippen LogP contribution >= 0.6 is 0 Å². The molecule has 12 heavy (non-hydrogen) atoms. The fourth-order valence-corrected chi connectivity index (χ4v) is 0.771. The van der Waals surface area contributed by atoms with Gasteiger partial charge in [-0.2, -0.15) is 0 Å². The van der Waals surface area contributed by atoms with E-state index in [-0.39, 0.29) is 18.1 Å². The van der Waals surface area contributed by atoms with Gasteiger partial charge in [-0.1, -0.05) is 6.92 Å². The molecule has 4 N–H and O–H groups in total. The van der Waals surface area contributed by atoms with Crippen LogP contribution in [0.3, 0.4) is 0 Å². The number of amides is 1. The molecule has 0 saturated heterocycles. The molecule has 2 atom stereocenters. The van der Waals surface area contributed by atoms with Crippen molar-refractivity contribution in [3.8, 4) is 0 Å². The topological polar surface area (TPSA) is 75.3 Å². The van der Waals surface area contributed by atoms with Crippen molar-refractivity contribution < 1.29 is 9.90 Å². The largest absolute Gasteiger partial charge is 0.393 e. The van der Waals surface area contributed by atoms with Crippen LogP contribution < -0.4 is 11.1 Å². The zero-order valence-electron chi connectivity index (χ0n) is 7.71. The average molecular weight is 174 g/mol. The molecule has 0 rings (SSSR count). The van der Waals surface area contributed by atoms with E-state index in [0.717, 1.165) is 6.42 Å². The van der Waals surface area contributed by atoms with Gasteiger partial charge in [0, 0.05) is 0 Å². The fraction of sp³-hybridized carbons (Fsp3) is 0.875. The van der Waals surface area contributed by atoms with E-state index in [1.165, 1.54) is 0 Å². The maximum atomic E-state index is 10.5. The lowest BCUT2D eigenvalue weighted by Crippen LogP contribution is -2.39. The van der Waals surface area contributed by atoms with Gasteiger partial charge in [-0.15, -0.1) is 0 Å². The van der Waals surface area contributed by atoms with E-state index in [2.05, 4.69) is 5.32 Å². The molecule has 0 aromatic carbocycles. The number of nitrogens with one attached hydrogen (secondary N) is 1. The van der Waals surface area contributed by atoms with Gasteiger partial charge in [0.15, 0.2) is 0 Å². The van der Waals surface area contributed by atoms with Gasteiger partial charge in [0.2, 0.25) is 5.91 Å². The van der Waals surface area contributed by atoms with Gasteiger partial charge in [0.05, 0.1) is 12.1 Å². The van der Waals surface area contributed by atoms with Crippen molar-refractivity contribution in [2.24, 2.45) is 5.73 Å². The molecule has 0 fully saturated rings. The summed E-state index contributed by atoms with van der Waals surface area (Å²) in [6, 6.07) is -0.311. The first kappa shape index (κ1) is 11.4. The molecule has 0 saturated carbocycles. The molecule has 72 valence electrons. The Balaban J connectivity index is 3.37. The second-order valence-electron chi connectivity index (χ2n) is 2.93. The lowest BCUT2D eigenvalue weighted by atomic mass is 10.2. The normalized spacial score (nSPS) is 15.6. The molecule has 4 heteroatoms. The molecule has 0 aromatic heterocycles. The predicted octanol–water partition coefficient (Wildman–Crippen LogP) is -0.389. The first-order valence-electron chi connectivity index (χ1n) is 4.28. The molecule has 2 unspecified atom stereocenters. The van der Waals surface area contributed by atoms with E-state index in [9.17, 15) is 4.79 Å². The van der Waals surface area contributed by atoms with Crippen LogP contribution in [0.4, 0.5) is 0 Å². The summed E-state index contributed by atoms with van der Waals surface area (Å²) >= 11 is 0. The summed E-state index contributed by atoms with van der Waals surface area (Å²) in [6.45, 7) is 4.25. The van der Waals surface area contributed by atoms with Crippen molar-refractivity contribution in [3.63, 3.8) is 0 Å². The number of hydrogen-bond donors (Lipinski definition) is 3. The summed E-state index contributed by atoms with van der Waals surface area (Å²) in [5.41, 5.74) is 5.02. The Morgan fingerprint density at radius 3 is 2.67 bits per heavy atom. The van der Waals surface area contributed by atoms with Gasteiger partial charge in [-0.3, -0.25) is 4.79 Å². The third kappa shape index (κ3) is 5.09. The number of rotatable bonds is 6. The van der Waals surface area contributed by atoms with E-state index in [4.69, 9.17) is 10.8 Å². The predicted molar refractivity (Wildman–Crippen MR) is 47.6 cm³/mol. The summed E-state index contributed by atoms with van der Waals surface area (Å²) < 4.78 is 0. The monoisotopic (exact) mass is 174 g/mol. The SMILES string of the molecule is CCC(O)CCNC(C)C(N)=O. The van der Waals surface area contributed by atoms with Gasteiger partial charge in [0.1, 0.15) is 0 Å². The smallest absolute Gasteiger partial charge is 0.234 e. The number of nitrogens with two attached hydrogens (primary N) is 1. The lowest BCUT2D eigenvalue weighted by Gasteiger charge is -2.11. The Labute approximate surface area is 73.1 Å². The van der Waals surface area contributed by atoms with Crippen LogP contribution in [0.2, 0.25) is 0 Å². The summed E-state index contributed by atoms with van der Waals surface area (Å²) in [5, 5.41) is 12.1. The van der Waals surface area contributed by atoms with Gasteiger partial charge in [-0.25, -0.2) is 0 Å². The third-order valence-electron chi connectivity index (χ3n) is 1.83. The van der Waals surface area contributed by atoms with Gasteiger partial charge in [0.25, 0.3) is 0 Å². The highest BCUT2D eigenvalue weighted by molar-refractivity contribution is 5.79. The summed E-state index contributed by atoms with van der Waals surface area (Å²) in [5.74, 6) is -0.360. The standard InChI is InChI=1S/C8H18N2O2/c1-3-7(11)4-5-10-6(2)8(9)12/h6-7,10-11H,3-5H2,1-2H3,(H2,9,12). The zero-order chi connectivity index (χ0) is 9.56. The minimum atomic E-state index is -0.360. The van der Waals surface area contributed by atoms with Crippen molar-refractivity contribution in [2.45, 2.75) is 38.8 Å². The lowest BCUT2D eigenvalue weighted by molar-refractivity contribution is -0.119. The molecular formula is C8H18N2O2.